The van der Waals surface area contributed by atoms with Gasteiger partial charge in [-0.2, -0.15) is 0 Å². The second-order valence-electron chi connectivity index (χ2n) is 4.98. The van der Waals surface area contributed by atoms with Crippen molar-refractivity contribution in [1.82, 2.24) is 0 Å². The molecule has 2 N–H and O–H groups in total. The van der Waals surface area contributed by atoms with Crippen LogP contribution in [0.25, 0.3) is 0 Å². The molecule has 1 unspecified atom stereocenters. The summed E-state index contributed by atoms with van der Waals surface area (Å²) < 4.78 is 0. The van der Waals surface area contributed by atoms with Gasteiger partial charge in [0.05, 0.1) is 12.5 Å². The number of amides is 1. The molecule has 20 heavy (non-hydrogen) atoms. The first-order valence-electron chi connectivity index (χ1n) is 6.67. The van der Waals surface area contributed by atoms with Gasteiger partial charge < -0.3 is 10.4 Å². The number of carbonyl (C=O) groups is 1. The van der Waals surface area contributed by atoms with E-state index >= 15 is 0 Å². The fourth-order valence-electron chi connectivity index (χ4n) is 2.09. The lowest BCUT2D eigenvalue weighted by Crippen LogP contribution is -2.19. The fraction of sp³-hybridized carbons (Fsp3) is 0.235. The molecule has 0 fully saturated rings. The van der Waals surface area contributed by atoms with E-state index in [1.54, 1.807) is 6.07 Å². The average Bonchev–Trinajstić information content (AvgIpc) is 2.46. The predicted molar refractivity (Wildman–Crippen MR) is 80.6 cm³/mol. The molecule has 0 radical (unpaired) electrons. The van der Waals surface area contributed by atoms with Crippen LogP contribution in [0.4, 0.5) is 5.69 Å². The first-order chi connectivity index (χ1) is 9.60. The van der Waals surface area contributed by atoms with Gasteiger partial charge in [-0.15, -0.1) is 0 Å². The molecule has 0 saturated carbocycles. The first kappa shape index (κ1) is 14.3. The zero-order valence-electron chi connectivity index (χ0n) is 11.8. The van der Waals surface area contributed by atoms with Gasteiger partial charge in [0.2, 0.25) is 5.91 Å². The van der Waals surface area contributed by atoms with Crippen molar-refractivity contribution in [2.24, 2.45) is 0 Å². The summed E-state index contributed by atoms with van der Waals surface area (Å²) in [5.74, 6) is -0.265. The Morgan fingerprint density at radius 3 is 2.65 bits per heavy atom. The minimum atomic E-state index is -0.215. The number of rotatable bonds is 4. The summed E-state index contributed by atoms with van der Waals surface area (Å²) in [4.78, 5) is 12.3. The predicted octanol–water partition coefficient (Wildman–Crippen LogP) is 3.23. The van der Waals surface area contributed by atoms with Crippen molar-refractivity contribution < 1.29 is 9.90 Å². The maximum atomic E-state index is 12.3. The van der Waals surface area contributed by atoms with Crippen molar-refractivity contribution in [3.63, 3.8) is 0 Å². The Morgan fingerprint density at radius 2 is 1.95 bits per heavy atom. The Kier molecular flexibility index (Phi) is 4.53. The van der Waals surface area contributed by atoms with E-state index in [9.17, 15) is 4.79 Å². The Morgan fingerprint density at radius 1 is 1.20 bits per heavy atom. The molecule has 3 nitrogen and oxygen atoms in total. The standard InChI is InChI=1S/C17H19NO2/c1-12-5-3-7-15(9-12)13(2)17(20)18-16-8-4-6-14(10-16)11-19/h3-10,13,19H,11H2,1-2H3,(H,18,20). The zero-order valence-corrected chi connectivity index (χ0v) is 11.8. The van der Waals surface area contributed by atoms with Crippen LogP contribution >= 0.6 is 0 Å². The molecule has 3 heteroatoms. The van der Waals surface area contributed by atoms with E-state index in [2.05, 4.69) is 5.32 Å². The summed E-state index contributed by atoms with van der Waals surface area (Å²) in [5.41, 5.74) is 3.64. The van der Waals surface area contributed by atoms with Crippen molar-refractivity contribution in [3.05, 3.63) is 65.2 Å². The van der Waals surface area contributed by atoms with Crippen LogP contribution in [0, 0.1) is 6.92 Å². The second-order valence-corrected chi connectivity index (χ2v) is 4.98. The molecule has 2 aromatic carbocycles. The lowest BCUT2D eigenvalue weighted by atomic mass is 9.98. The quantitative estimate of drug-likeness (QED) is 0.895. The van der Waals surface area contributed by atoms with Crippen LogP contribution in [0.3, 0.4) is 0 Å². The number of nitrogens with one attached hydrogen (secondary N) is 1. The van der Waals surface area contributed by atoms with Crippen molar-refractivity contribution in [1.29, 1.82) is 0 Å². The summed E-state index contributed by atoms with van der Waals surface area (Å²) in [6.45, 7) is 3.87. The van der Waals surface area contributed by atoms with Crippen LogP contribution < -0.4 is 5.32 Å². The number of hydrogen-bond acceptors (Lipinski definition) is 2. The summed E-state index contributed by atoms with van der Waals surface area (Å²) in [6, 6.07) is 15.2. The molecule has 0 spiro atoms. The average molecular weight is 269 g/mol. The third-order valence-electron chi connectivity index (χ3n) is 3.31. The van der Waals surface area contributed by atoms with Crippen LogP contribution in [-0.4, -0.2) is 11.0 Å². The SMILES string of the molecule is Cc1cccc(C(C)C(=O)Nc2cccc(CO)c2)c1. The van der Waals surface area contributed by atoms with Gasteiger partial charge in [-0.25, -0.2) is 0 Å². The largest absolute Gasteiger partial charge is 0.392 e. The maximum absolute atomic E-state index is 12.3. The normalized spacial score (nSPS) is 11.9. The number of hydrogen-bond donors (Lipinski definition) is 2. The van der Waals surface area contributed by atoms with Gasteiger partial charge in [-0.05, 0) is 37.1 Å². The summed E-state index contributed by atoms with van der Waals surface area (Å²) >= 11 is 0. The highest BCUT2D eigenvalue weighted by molar-refractivity contribution is 5.95. The van der Waals surface area contributed by atoms with Gasteiger partial charge in [0.15, 0.2) is 0 Å². The molecule has 0 aliphatic heterocycles. The van der Waals surface area contributed by atoms with Gasteiger partial charge in [-0.1, -0.05) is 42.0 Å². The summed E-state index contributed by atoms with van der Waals surface area (Å²) in [6.07, 6.45) is 0. The number of anilines is 1. The van der Waals surface area contributed by atoms with Crippen LogP contribution in [0.15, 0.2) is 48.5 Å². The number of carbonyl (C=O) groups excluding carboxylic acids is 1. The van der Waals surface area contributed by atoms with Gasteiger partial charge in [0, 0.05) is 5.69 Å². The van der Waals surface area contributed by atoms with Gasteiger partial charge in [0.1, 0.15) is 0 Å². The van der Waals surface area contributed by atoms with Crippen molar-refractivity contribution in [2.45, 2.75) is 26.4 Å². The van der Waals surface area contributed by atoms with Crippen molar-refractivity contribution in [2.75, 3.05) is 5.32 Å². The first-order valence-corrected chi connectivity index (χ1v) is 6.67. The molecule has 0 heterocycles. The minimum Gasteiger partial charge on any atom is -0.392 e. The molecule has 0 aliphatic rings. The smallest absolute Gasteiger partial charge is 0.231 e. The molecule has 1 atom stereocenters. The molecular weight excluding hydrogens is 250 g/mol. The zero-order chi connectivity index (χ0) is 14.5. The van der Waals surface area contributed by atoms with Crippen LogP contribution in [0.1, 0.15) is 29.5 Å². The number of aliphatic hydroxyl groups excluding tert-OH is 1. The molecule has 1 amide bonds. The summed E-state index contributed by atoms with van der Waals surface area (Å²) in [5, 5.41) is 12.0. The Hall–Kier alpha value is -2.13. The van der Waals surface area contributed by atoms with Crippen molar-refractivity contribution >= 4 is 11.6 Å². The van der Waals surface area contributed by atoms with E-state index in [1.165, 1.54) is 0 Å². The number of aryl methyl sites for hydroxylation is 1. The minimum absolute atomic E-state index is 0.0306. The highest BCUT2D eigenvalue weighted by atomic mass is 16.3. The highest BCUT2D eigenvalue weighted by Gasteiger charge is 2.15. The fourth-order valence-corrected chi connectivity index (χ4v) is 2.09. The molecule has 0 aromatic heterocycles. The third-order valence-corrected chi connectivity index (χ3v) is 3.31. The topological polar surface area (TPSA) is 49.3 Å². The van der Waals surface area contributed by atoms with E-state index in [4.69, 9.17) is 5.11 Å². The Bertz CT molecular complexity index is 607. The molecule has 2 rings (SSSR count). The molecule has 0 saturated heterocycles. The van der Waals surface area contributed by atoms with Gasteiger partial charge in [-0.3, -0.25) is 4.79 Å². The monoisotopic (exact) mass is 269 g/mol. The Balaban J connectivity index is 2.11. The molecule has 2 aromatic rings. The second kappa shape index (κ2) is 6.35. The lowest BCUT2D eigenvalue weighted by molar-refractivity contribution is -0.117. The Labute approximate surface area is 119 Å². The number of aliphatic hydroxyl groups is 1. The molecule has 0 aliphatic carbocycles. The highest BCUT2D eigenvalue weighted by Crippen LogP contribution is 2.19. The van der Waals surface area contributed by atoms with E-state index in [-0.39, 0.29) is 18.4 Å². The van der Waals surface area contributed by atoms with E-state index in [0.717, 1.165) is 16.7 Å². The lowest BCUT2D eigenvalue weighted by Gasteiger charge is -2.13. The summed E-state index contributed by atoms with van der Waals surface area (Å²) in [7, 11) is 0. The van der Waals surface area contributed by atoms with E-state index < -0.39 is 0 Å². The third kappa shape index (κ3) is 3.45. The van der Waals surface area contributed by atoms with Gasteiger partial charge in [0.25, 0.3) is 0 Å². The molecule has 104 valence electrons. The van der Waals surface area contributed by atoms with Crippen LogP contribution in [0.5, 0.6) is 0 Å². The number of benzene rings is 2. The van der Waals surface area contributed by atoms with E-state index in [1.807, 2.05) is 56.3 Å². The van der Waals surface area contributed by atoms with Gasteiger partial charge >= 0.3 is 0 Å². The van der Waals surface area contributed by atoms with Crippen molar-refractivity contribution in [3.8, 4) is 0 Å². The molecular formula is C17H19NO2. The van der Waals surface area contributed by atoms with Crippen LogP contribution in [0.2, 0.25) is 0 Å². The van der Waals surface area contributed by atoms with Crippen LogP contribution in [-0.2, 0) is 11.4 Å². The molecule has 0 bridgehead atoms. The van der Waals surface area contributed by atoms with E-state index in [0.29, 0.717) is 5.69 Å². The maximum Gasteiger partial charge on any atom is 0.231 e.